The molecule has 0 bridgehead atoms. The maximum atomic E-state index is 12.6. The lowest BCUT2D eigenvalue weighted by Crippen LogP contribution is -2.48. The zero-order valence-corrected chi connectivity index (χ0v) is 18.8. The second kappa shape index (κ2) is 7.39. The average Bonchev–Trinajstić information content (AvgIpc) is 3.21. The number of hydrogen-bond donors (Lipinski definition) is 1. The van der Waals surface area contributed by atoms with Crippen LogP contribution in [-0.2, 0) is 15.9 Å². The molecule has 0 radical (unpaired) electrons. The van der Waals surface area contributed by atoms with Gasteiger partial charge in [0, 0.05) is 16.0 Å². The van der Waals surface area contributed by atoms with Crippen LogP contribution < -0.4 is 9.47 Å². The normalized spacial score (nSPS) is 27.5. The molecule has 1 aliphatic heterocycles. The average molecular weight is 480 g/mol. The van der Waals surface area contributed by atoms with Gasteiger partial charge in [0.1, 0.15) is 11.5 Å². The summed E-state index contributed by atoms with van der Waals surface area (Å²) in [5.74, 6) is 0.820. The summed E-state index contributed by atoms with van der Waals surface area (Å²) in [6.07, 6.45) is 5.45. The highest BCUT2D eigenvalue weighted by molar-refractivity contribution is 9.10. The van der Waals surface area contributed by atoms with Gasteiger partial charge in [0.05, 0.1) is 38.4 Å². The van der Waals surface area contributed by atoms with Crippen molar-refractivity contribution in [3.8, 4) is 11.5 Å². The van der Waals surface area contributed by atoms with Gasteiger partial charge in [-0.3, -0.25) is 4.98 Å². The molecule has 3 unspecified atom stereocenters. The van der Waals surface area contributed by atoms with E-state index in [1.54, 1.807) is 32.9 Å². The van der Waals surface area contributed by atoms with Gasteiger partial charge in [-0.05, 0) is 29.7 Å². The Morgan fingerprint density at radius 3 is 2.52 bits per heavy atom. The van der Waals surface area contributed by atoms with Gasteiger partial charge in [-0.1, -0.05) is 58.4 Å². The summed E-state index contributed by atoms with van der Waals surface area (Å²) in [6.45, 7) is 0. The minimum Gasteiger partial charge on any atom is -0.504 e. The summed E-state index contributed by atoms with van der Waals surface area (Å²) in [7, 11) is 3.16. The molecule has 5 nitrogen and oxygen atoms in total. The van der Waals surface area contributed by atoms with Gasteiger partial charge in [-0.25, -0.2) is 0 Å². The summed E-state index contributed by atoms with van der Waals surface area (Å²) in [4.78, 5) is 4.27. The number of hydrogen-bond acceptors (Lipinski definition) is 5. The van der Waals surface area contributed by atoms with E-state index in [0.29, 0.717) is 23.5 Å². The van der Waals surface area contributed by atoms with Gasteiger partial charge in [0.15, 0.2) is 11.2 Å². The first kappa shape index (κ1) is 20.1. The molecular formula is C25H22BrNO4. The minimum atomic E-state index is -1.50. The quantitative estimate of drug-likeness (QED) is 0.530. The van der Waals surface area contributed by atoms with E-state index >= 15 is 0 Å². The number of benzene rings is 2. The Morgan fingerprint density at radius 2 is 1.84 bits per heavy atom. The van der Waals surface area contributed by atoms with Crippen LogP contribution in [-0.4, -0.2) is 24.3 Å². The molecule has 1 aliphatic carbocycles. The first-order valence-electron chi connectivity index (χ1n) is 10.0. The number of rotatable bonds is 4. The third-order valence-electron chi connectivity index (χ3n) is 6.38. The third kappa shape index (κ3) is 2.68. The van der Waals surface area contributed by atoms with E-state index in [-0.39, 0.29) is 5.92 Å². The number of methoxy groups -OCH3 is 2. The lowest BCUT2D eigenvalue weighted by molar-refractivity contribution is -0.0885. The zero-order valence-electron chi connectivity index (χ0n) is 17.2. The van der Waals surface area contributed by atoms with Crippen LogP contribution >= 0.6 is 15.9 Å². The Hall–Kier alpha value is -2.83. The highest BCUT2D eigenvalue weighted by Crippen LogP contribution is 2.69. The molecular weight excluding hydrogens is 458 g/mol. The van der Waals surface area contributed by atoms with Gasteiger partial charge in [0.2, 0.25) is 0 Å². The Bertz CT molecular complexity index is 1150. The number of fused-ring (bicyclic) bond motifs is 3. The highest BCUT2D eigenvalue weighted by atomic mass is 79.9. The third-order valence-corrected chi connectivity index (χ3v) is 6.91. The van der Waals surface area contributed by atoms with Gasteiger partial charge in [-0.15, -0.1) is 0 Å². The maximum Gasteiger partial charge on any atom is 0.178 e. The molecule has 1 saturated carbocycles. The van der Waals surface area contributed by atoms with E-state index < -0.39 is 11.2 Å². The van der Waals surface area contributed by atoms with Gasteiger partial charge in [-0.2, -0.15) is 0 Å². The van der Waals surface area contributed by atoms with Crippen molar-refractivity contribution < 1.29 is 19.3 Å². The van der Waals surface area contributed by atoms with Crippen molar-refractivity contribution in [3.05, 3.63) is 100.0 Å². The van der Waals surface area contributed by atoms with Crippen LogP contribution in [0.4, 0.5) is 0 Å². The van der Waals surface area contributed by atoms with Crippen LogP contribution in [0.15, 0.2) is 83.3 Å². The fourth-order valence-corrected chi connectivity index (χ4v) is 5.42. The molecule has 31 heavy (non-hydrogen) atoms. The molecule has 2 aromatic carbocycles. The molecule has 6 heteroatoms. The predicted molar refractivity (Wildman–Crippen MR) is 120 cm³/mol. The minimum absolute atomic E-state index is 0.168. The first-order valence-corrected chi connectivity index (χ1v) is 10.8. The van der Waals surface area contributed by atoms with Crippen LogP contribution in [0.25, 0.3) is 0 Å². The van der Waals surface area contributed by atoms with Crippen molar-refractivity contribution in [2.45, 2.75) is 23.5 Å². The monoisotopic (exact) mass is 479 g/mol. The number of pyridine rings is 1. The molecule has 2 aliphatic rings. The van der Waals surface area contributed by atoms with Crippen LogP contribution in [0.5, 0.6) is 11.5 Å². The molecule has 1 fully saturated rings. The van der Waals surface area contributed by atoms with Gasteiger partial charge < -0.3 is 19.3 Å². The maximum absolute atomic E-state index is 12.6. The van der Waals surface area contributed by atoms with E-state index in [1.807, 2.05) is 42.5 Å². The van der Waals surface area contributed by atoms with Crippen LogP contribution in [0, 0.1) is 0 Å². The molecule has 3 atom stereocenters. The number of nitrogens with zero attached hydrogens (tertiary/aromatic N) is 1. The summed E-state index contributed by atoms with van der Waals surface area (Å²) in [5, 5.41) is 12.6. The topological polar surface area (TPSA) is 60.8 Å². The first-order chi connectivity index (χ1) is 15.1. The van der Waals surface area contributed by atoms with Crippen molar-refractivity contribution in [3.63, 3.8) is 0 Å². The van der Waals surface area contributed by atoms with Crippen LogP contribution in [0.2, 0.25) is 0 Å². The SMILES string of the molecule is CO/C=C1\CC(c2ccccc2)C2(c3ccc(Br)cc3)Oc3cncc(OC)c3C12O. The highest BCUT2D eigenvalue weighted by Gasteiger charge is 2.72. The second-order valence-electron chi connectivity index (χ2n) is 7.82. The van der Waals surface area contributed by atoms with Crippen molar-refractivity contribution in [1.82, 2.24) is 4.98 Å². The molecule has 0 spiro atoms. The van der Waals surface area contributed by atoms with E-state index in [1.165, 1.54) is 0 Å². The smallest absolute Gasteiger partial charge is 0.178 e. The lowest BCUT2D eigenvalue weighted by Gasteiger charge is -2.40. The standard InChI is InChI=1S/C25H22BrNO4/c1-29-15-18-12-20(16-6-4-3-5-7-16)25(17-8-10-19(26)11-9-17)24(18,28)23-21(30-2)13-27-14-22(23)31-25/h3-11,13-15,20,28H,12H2,1-2H3/b18-15+. The number of aliphatic hydroxyl groups is 1. The second-order valence-corrected chi connectivity index (χ2v) is 8.73. The molecule has 1 N–H and O–H groups in total. The molecule has 3 aromatic rings. The molecule has 158 valence electrons. The summed E-state index contributed by atoms with van der Waals surface area (Å²) >= 11 is 3.52. The number of aromatic nitrogens is 1. The Labute approximate surface area is 189 Å². The molecule has 0 amide bonds. The van der Waals surface area contributed by atoms with Crippen molar-refractivity contribution in [2.75, 3.05) is 14.2 Å². The van der Waals surface area contributed by atoms with E-state index in [9.17, 15) is 5.11 Å². The summed E-state index contributed by atoms with van der Waals surface area (Å²) < 4.78 is 18.7. The summed E-state index contributed by atoms with van der Waals surface area (Å²) in [5.41, 5.74) is 0.636. The molecule has 1 aromatic heterocycles. The van der Waals surface area contributed by atoms with Crippen LogP contribution in [0.1, 0.15) is 29.0 Å². The Balaban J connectivity index is 1.86. The van der Waals surface area contributed by atoms with Crippen molar-refractivity contribution >= 4 is 15.9 Å². The Morgan fingerprint density at radius 1 is 1.10 bits per heavy atom. The predicted octanol–water partition coefficient (Wildman–Crippen LogP) is 5.05. The van der Waals surface area contributed by atoms with Crippen molar-refractivity contribution in [2.24, 2.45) is 0 Å². The van der Waals surface area contributed by atoms with Crippen molar-refractivity contribution in [1.29, 1.82) is 0 Å². The van der Waals surface area contributed by atoms with E-state index in [0.717, 1.165) is 21.2 Å². The number of halogens is 1. The number of ether oxygens (including phenoxy) is 3. The van der Waals surface area contributed by atoms with Crippen LogP contribution in [0.3, 0.4) is 0 Å². The summed E-state index contributed by atoms with van der Waals surface area (Å²) in [6, 6.07) is 18.1. The van der Waals surface area contributed by atoms with Gasteiger partial charge >= 0.3 is 0 Å². The largest absolute Gasteiger partial charge is 0.504 e. The molecule has 0 saturated heterocycles. The lowest BCUT2D eigenvalue weighted by atomic mass is 9.71. The van der Waals surface area contributed by atoms with E-state index in [2.05, 4.69) is 33.0 Å². The fourth-order valence-electron chi connectivity index (χ4n) is 5.16. The zero-order chi connectivity index (χ0) is 21.6. The molecule has 2 heterocycles. The molecule has 5 rings (SSSR count). The van der Waals surface area contributed by atoms with E-state index in [4.69, 9.17) is 14.2 Å². The fraction of sp³-hybridized carbons (Fsp3) is 0.240. The van der Waals surface area contributed by atoms with Gasteiger partial charge in [0.25, 0.3) is 0 Å². The Kier molecular flexibility index (Phi) is 4.79.